The lowest BCUT2D eigenvalue weighted by Crippen LogP contribution is -2.26. The van der Waals surface area contributed by atoms with Crippen LogP contribution in [-0.2, 0) is 4.84 Å². The zero-order valence-corrected chi connectivity index (χ0v) is 11.8. The Morgan fingerprint density at radius 2 is 2.00 bits per heavy atom. The zero-order chi connectivity index (χ0) is 13.1. The molecule has 0 bridgehead atoms. The highest BCUT2D eigenvalue weighted by Crippen LogP contribution is 2.01. The van der Waals surface area contributed by atoms with Crippen molar-refractivity contribution in [2.24, 2.45) is 16.1 Å². The minimum Gasteiger partial charge on any atom is -0.378 e. The number of oxime groups is 1. The maximum Gasteiger partial charge on any atom is 0.171 e. The Hall–Kier alpha value is -0.900. The van der Waals surface area contributed by atoms with Crippen molar-refractivity contribution in [2.45, 2.75) is 47.0 Å². The van der Waals surface area contributed by atoms with Gasteiger partial charge in [-0.15, -0.1) is 0 Å². The quantitative estimate of drug-likeness (QED) is 0.204. The van der Waals surface area contributed by atoms with Crippen LogP contribution < -0.4 is 0 Å². The van der Waals surface area contributed by atoms with Gasteiger partial charge in [0.15, 0.2) is 12.6 Å². The van der Waals surface area contributed by atoms with Gasteiger partial charge in [0, 0.05) is 12.5 Å². The molecule has 0 spiro atoms. The number of hydrogen-bond donors (Lipinski definition) is 0. The first-order valence-corrected chi connectivity index (χ1v) is 6.54. The summed E-state index contributed by atoms with van der Waals surface area (Å²) in [5.74, 6) is 0.914. The van der Waals surface area contributed by atoms with E-state index in [9.17, 15) is 0 Å². The van der Waals surface area contributed by atoms with E-state index in [0.29, 0.717) is 12.6 Å². The second-order valence-electron chi connectivity index (χ2n) is 4.44. The molecule has 0 N–H and O–H groups in total. The number of unbranched alkanes of at least 4 members (excludes halogenated alkanes) is 2. The van der Waals surface area contributed by atoms with Gasteiger partial charge in [-0.1, -0.05) is 45.7 Å². The van der Waals surface area contributed by atoms with Crippen molar-refractivity contribution in [1.82, 2.24) is 4.90 Å². The molecule has 17 heavy (non-hydrogen) atoms. The smallest absolute Gasteiger partial charge is 0.171 e. The number of rotatable bonds is 9. The molecule has 0 saturated heterocycles. The summed E-state index contributed by atoms with van der Waals surface area (Å²) in [5, 5.41) is 4.00. The van der Waals surface area contributed by atoms with E-state index in [1.807, 2.05) is 13.8 Å². The van der Waals surface area contributed by atoms with Gasteiger partial charge >= 0.3 is 0 Å². The topological polar surface area (TPSA) is 37.2 Å². The van der Waals surface area contributed by atoms with Gasteiger partial charge in [0.25, 0.3) is 0 Å². The second kappa shape index (κ2) is 10.3. The number of amidine groups is 1. The van der Waals surface area contributed by atoms with Crippen LogP contribution in [0, 0.1) is 5.92 Å². The fourth-order valence-corrected chi connectivity index (χ4v) is 1.39. The van der Waals surface area contributed by atoms with Gasteiger partial charge in [-0.25, -0.2) is 4.99 Å². The molecule has 0 aromatic carbocycles. The second-order valence-corrected chi connectivity index (χ2v) is 4.44. The summed E-state index contributed by atoms with van der Waals surface area (Å²) in [6.45, 7) is 14.5. The molecule has 4 nitrogen and oxygen atoms in total. The molecule has 0 fully saturated rings. The highest BCUT2D eigenvalue weighted by Gasteiger charge is 2.04. The zero-order valence-electron chi connectivity index (χ0n) is 11.8. The maximum atomic E-state index is 5.31. The van der Waals surface area contributed by atoms with Crippen LogP contribution >= 0.6 is 0 Å². The summed E-state index contributed by atoms with van der Waals surface area (Å²) in [5.41, 5.74) is 0. The van der Waals surface area contributed by atoms with Crippen LogP contribution in [-0.4, -0.2) is 37.3 Å². The van der Waals surface area contributed by atoms with Crippen LogP contribution in [0.25, 0.3) is 0 Å². The molecule has 0 aliphatic heterocycles. The Bertz CT molecular complexity index is 227. The molecule has 0 aliphatic carbocycles. The predicted molar refractivity (Wildman–Crippen MR) is 74.5 cm³/mol. The van der Waals surface area contributed by atoms with Gasteiger partial charge in [-0.3, -0.25) is 4.90 Å². The molecule has 4 heteroatoms. The maximum absolute atomic E-state index is 5.31. The normalized spacial score (nSPS) is 12.2. The molecular weight excluding hydrogens is 214 g/mol. The first-order valence-electron chi connectivity index (χ1n) is 6.54. The predicted octanol–water partition coefficient (Wildman–Crippen LogP) is 3.14. The van der Waals surface area contributed by atoms with Crippen LogP contribution in [0.15, 0.2) is 10.1 Å². The minimum atomic E-state index is 0.252. The lowest BCUT2D eigenvalue weighted by atomic mass is 10.2. The summed E-state index contributed by atoms with van der Waals surface area (Å²) in [7, 11) is 0. The summed E-state index contributed by atoms with van der Waals surface area (Å²) in [4.78, 5) is 11.4. The Balaban J connectivity index is 3.92. The van der Waals surface area contributed by atoms with Gasteiger partial charge in [0.2, 0.25) is 0 Å². The summed E-state index contributed by atoms with van der Waals surface area (Å²) >= 11 is 0. The lowest BCUT2D eigenvalue weighted by Gasteiger charge is -2.18. The van der Waals surface area contributed by atoms with E-state index < -0.39 is 0 Å². The molecule has 0 saturated carbocycles. The van der Waals surface area contributed by atoms with Crippen LogP contribution in [0.4, 0.5) is 0 Å². The van der Waals surface area contributed by atoms with E-state index in [1.165, 1.54) is 19.3 Å². The lowest BCUT2D eigenvalue weighted by molar-refractivity contribution is 0.0335. The van der Waals surface area contributed by atoms with Crippen molar-refractivity contribution in [3.63, 3.8) is 0 Å². The first-order chi connectivity index (χ1) is 8.15. The summed E-state index contributed by atoms with van der Waals surface area (Å²) in [6, 6.07) is 0. The molecule has 0 radical (unpaired) electrons. The number of aliphatic imine (C=N–C) groups is 1. The highest BCUT2D eigenvalue weighted by atomic mass is 16.6. The van der Waals surface area contributed by atoms with Gasteiger partial charge in [0.1, 0.15) is 0 Å². The van der Waals surface area contributed by atoms with Crippen molar-refractivity contribution >= 4 is 12.6 Å². The van der Waals surface area contributed by atoms with Gasteiger partial charge in [-0.2, -0.15) is 0 Å². The molecule has 100 valence electrons. The van der Waals surface area contributed by atoms with E-state index in [2.05, 4.69) is 35.6 Å². The van der Waals surface area contributed by atoms with E-state index in [1.54, 1.807) is 0 Å². The first kappa shape index (κ1) is 16.1. The van der Waals surface area contributed by atoms with Gasteiger partial charge < -0.3 is 4.84 Å². The van der Waals surface area contributed by atoms with Crippen molar-refractivity contribution in [2.75, 3.05) is 19.8 Å². The van der Waals surface area contributed by atoms with Crippen molar-refractivity contribution in [1.29, 1.82) is 0 Å². The Morgan fingerprint density at radius 1 is 1.29 bits per heavy atom. The Morgan fingerprint density at radius 3 is 2.47 bits per heavy atom. The molecule has 0 aromatic heterocycles. The third kappa shape index (κ3) is 7.91. The van der Waals surface area contributed by atoms with E-state index in [-0.39, 0.29) is 5.92 Å². The number of hydrogen-bond acceptors (Lipinski definition) is 3. The Labute approximate surface area is 106 Å². The largest absolute Gasteiger partial charge is 0.378 e. The highest BCUT2D eigenvalue weighted by molar-refractivity contribution is 5.87. The average Bonchev–Trinajstić information content (AvgIpc) is 2.32. The summed E-state index contributed by atoms with van der Waals surface area (Å²) in [6.07, 6.45) is 3.73. The molecule has 0 atom stereocenters. The van der Waals surface area contributed by atoms with Gasteiger partial charge in [0.05, 0.1) is 0 Å². The summed E-state index contributed by atoms with van der Waals surface area (Å²) < 4.78 is 0. The van der Waals surface area contributed by atoms with Crippen molar-refractivity contribution in [3.8, 4) is 0 Å². The van der Waals surface area contributed by atoms with Crippen molar-refractivity contribution < 1.29 is 4.84 Å². The van der Waals surface area contributed by atoms with E-state index in [0.717, 1.165) is 13.1 Å². The molecule has 0 aliphatic rings. The Kier molecular flexibility index (Phi) is 9.72. The van der Waals surface area contributed by atoms with Crippen LogP contribution in [0.5, 0.6) is 0 Å². The standard InChI is InChI=1S/C13H27N3O/c1-6-8-9-10-16(7-2)11-17-15-13(14-5)12(3)4/h12H,5-11H2,1-4H3/b15-13-. The molecular formula is C13H27N3O. The third-order valence-corrected chi connectivity index (χ3v) is 2.60. The monoisotopic (exact) mass is 241 g/mol. The minimum absolute atomic E-state index is 0.252. The fraction of sp³-hybridized carbons (Fsp3) is 0.846. The third-order valence-electron chi connectivity index (χ3n) is 2.60. The molecule has 0 unspecified atom stereocenters. The number of nitrogens with zero attached hydrogens (tertiary/aromatic N) is 3. The molecule has 0 heterocycles. The van der Waals surface area contributed by atoms with Crippen LogP contribution in [0.2, 0.25) is 0 Å². The van der Waals surface area contributed by atoms with Crippen LogP contribution in [0.1, 0.15) is 47.0 Å². The average molecular weight is 241 g/mol. The molecule has 0 amide bonds. The van der Waals surface area contributed by atoms with Gasteiger partial charge in [-0.05, 0) is 19.7 Å². The molecule has 0 rings (SSSR count). The van der Waals surface area contributed by atoms with Crippen molar-refractivity contribution in [3.05, 3.63) is 0 Å². The fourth-order valence-electron chi connectivity index (χ4n) is 1.39. The van der Waals surface area contributed by atoms with E-state index >= 15 is 0 Å². The van der Waals surface area contributed by atoms with Crippen LogP contribution in [0.3, 0.4) is 0 Å². The molecule has 0 aromatic rings. The SMILES string of the molecule is C=N/C(=N\OCN(CC)CCCCC)C(C)C. The van der Waals surface area contributed by atoms with E-state index in [4.69, 9.17) is 4.84 Å².